The van der Waals surface area contributed by atoms with E-state index in [4.69, 9.17) is 11.5 Å². The molecule has 0 saturated carbocycles. The van der Waals surface area contributed by atoms with E-state index in [1.807, 2.05) is 7.05 Å². The van der Waals surface area contributed by atoms with Crippen molar-refractivity contribution in [3.05, 3.63) is 0 Å². The third-order valence-electron chi connectivity index (χ3n) is 1.63. The summed E-state index contributed by atoms with van der Waals surface area (Å²) in [6, 6.07) is 0.301. The highest BCUT2D eigenvalue weighted by Crippen LogP contribution is 2.07. The number of hydrogen-bond donors (Lipinski definition) is 2. The number of likely N-dealkylation sites (tertiary alicyclic amines) is 1. The Morgan fingerprint density at radius 1 is 1.50 bits per heavy atom. The van der Waals surface area contributed by atoms with Gasteiger partial charge in [0.1, 0.15) is 0 Å². The van der Waals surface area contributed by atoms with Crippen molar-refractivity contribution in [2.24, 2.45) is 11.5 Å². The van der Waals surface area contributed by atoms with Gasteiger partial charge < -0.3 is 11.5 Å². The monoisotopic (exact) mass is 115 g/mol. The first kappa shape index (κ1) is 6.01. The summed E-state index contributed by atoms with van der Waals surface area (Å²) < 4.78 is 0. The molecule has 3 nitrogen and oxygen atoms in total. The molecule has 8 heavy (non-hydrogen) atoms. The summed E-state index contributed by atoms with van der Waals surface area (Å²) in [7, 11) is 2.00. The lowest BCUT2D eigenvalue weighted by Crippen LogP contribution is -2.32. The number of nitrogens with zero attached hydrogens (tertiary/aromatic N) is 1. The van der Waals surface area contributed by atoms with Crippen molar-refractivity contribution >= 4 is 0 Å². The number of nitrogens with two attached hydrogens (primary N) is 2. The fourth-order valence-electron chi connectivity index (χ4n) is 1.07. The molecule has 4 N–H and O–H groups in total. The standard InChI is InChI=1S/C5H13N3/c1-8-3-4(6)2-5(8)7/h4-5H,2-3,6-7H2,1H3. The highest BCUT2D eigenvalue weighted by atomic mass is 15.2. The highest BCUT2D eigenvalue weighted by Gasteiger charge is 2.22. The third-order valence-corrected chi connectivity index (χ3v) is 1.63. The van der Waals surface area contributed by atoms with Gasteiger partial charge in [-0.2, -0.15) is 0 Å². The molecule has 1 aliphatic heterocycles. The predicted molar refractivity (Wildman–Crippen MR) is 33.2 cm³/mol. The molecule has 48 valence electrons. The van der Waals surface area contributed by atoms with Gasteiger partial charge in [0, 0.05) is 12.6 Å². The zero-order valence-corrected chi connectivity index (χ0v) is 5.17. The smallest absolute Gasteiger partial charge is 0.0585 e. The first-order chi connectivity index (χ1) is 3.70. The Hall–Kier alpha value is -0.120. The van der Waals surface area contributed by atoms with Crippen LogP contribution in [-0.4, -0.2) is 30.7 Å². The van der Waals surface area contributed by atoms with Gasteiger partial charge in [-0.3, -0.25) is 4.90 Å². The second kappa shape index (κ2) is 2.01. The molecule has 1 fully saturated rings. The van der Waals surface area contributed by atoms with E-state index in [1.165, 1.54) is 0 Å². The molecule has 3 heteroatoms. The molecule has 0 aliphatic carbocycles. The maximum atomic E-state index is 5.61. The summed E-state index contributed by atoms with van der Waals surface area (Å²) in [6.07, 6.45) is 1.14. The fraction of sp³-hybridized carbons (Fsp3) is 1.00. The van der Waals surface area contributed by atoms with Crippen LogP contribution in [0.25, 0.3) is 0 Å². The molecular weight excluding hydrogens is 102 g/mol. The van der Waals surface area contributed by atoms with E-state index in [9.17, 15) is 0 Å². The van der Waals surface area contributed by atoms with Gasteiger partial charge in [-0.05, 0) is 13.5 Å². The molecule has 1 rings (SSSR count). The average molecular weight is 115 g/mol. The Morgan fingerprint density at radius 2 is 2.12 bits per heavy atom. The quantitative estimate of drug-likeness (QED) is 0.423. The van der Waals surface area contributed by atoms with Crippen LogP contribution in [0.1, 0.15) is 6.42 Å². The lowest BCUT2D eigenvalue weighted by atomic mass is 10.3. The Balaban J connectivity index is 2.39. The molecule has 0 amide bonds. The molecule has 0 aromatic carbocycles. The van der Waals surface area contributed by atoms with E-state index in [2.05, 4.69) is 4.90 Å². The first-order valence-electron chi connectivity index (χ1n) is 2.91. The van der Waals surface area contributed by atoms with Gasteiger partial charge in [-0.1, -0.05) is 0 Å². The van der Waals surface area contributed by atoms with Crippen molar-refractivity contribution in [1.29, 1.82) is 0 Å². The van der Waals surface area contributed by atoms with Crippen molar-refractivity contribution < 1.29 is 0 Å². The maximum absolute atomic E-state index is 5.61. The van der Waals surface area contributed by atoms with Crippen LogP contribution in [0.4, 0.5) is 0 Å². The number of hydrogen-bond acceptors (Lipinski definition) is 3. The van der Waals surface area contributed by atoms with Gasteiger partial charge in [0.15, 0.2) is 0 Å². The molecular formula is C5H13N3. The highest BCUT2D eigenvalue weighted by molar-refractivity contribution is 4.80. The van der Waals surface area contributed by atoms with Crippen LogP contribution >= 0.6 is 0 Å². The molecule has 0 aromatic heterocycles. The lowest BCUT2D eigenvalue weighted by molar-refractivity contribution is 0.317. The Kier molecular flexibility index (Phi) is 1.51. The summed E-state index contributed by atoms with van der Waals surface area (Å²) in [5.41, 5.74) is 11.2. The number of rotatable bonds is 0. The molecule has 1 heterocycles. The van der Waals surface area contributed by atoms with Crippen molar-refractivity contribution in [3.8, 4) is 0 Å². The molecule has 0 bridgehead atoms. The van der Waals surface area contributed by atoms with Crippen LogP contribution in [0, 0.1) is 0 Å². The van der Waals surface area contributed by atoms with Gasteiger partial charge in [-0.25, -0.2) is 0 Å². The third kappa shape index (κ3) is 0.992. The summed E-state index contributed by atoms with van der Waals surface area (Å²) in [4.78, 5) is 2.07. The van der Waals surface area contributed by atoms with Crippen LogP contribution in [0.2, 0.25) is 0 Å². The maximum Gasteiger partial charge on any atom is 0.0585 e. The van der Waals surface area contributed by atoms with E-state index in [0.29, 0.717) is 6.04 Å². The van der Waals surface area contributed by atoms with Crippen molar-refractivity contribution in [3.63, 3.8) is 0 Å². The normalized spacial score (nSPS) is 40.9. The second-order valence-electron chi connectivity index (χ2n) is 2.50. The summed E-state index contributed by atoms with van der Waals surface area (Å²) in [5.74, 6) is 0. The Morgan fingerprint density at radius 3 is 2.25 bits per heavy atom. The van der Waals surface area contributed by atoms with E-state index in [0.717, 1.165) is 13.0 Å². The molecule has 0 radical (unpaired) electrons. The molecule has 1 aliphatic rings. The molecule has 0 aromatic rings. The minimum atomic E-state index is 0.199. The van der Waals surface area contributed by atoms with Gasteiger partial charge in [0.25, 0.3) is 0 Å². The first-order valence-corrected chi connectivity index (χ1v) is 2.91. The minimum absolute atomic E-state index is 0.199. The van der Waals surface area contributed by atoms with Crippen molar-refractivity contribution in [2.75, 3.05) is 13.6 Å². The van der Waals surface area contributed by atoms with Gasteiger partial charge in [0.05, 0.1) is 6.17 Å². The number of likely N-dealkylation sites (N-methyl/N-ethyl adjacent to an activating group) is 1. The van der Waals surface area contributed by atoms with Crippen LogP contribution in [0.15, 0.2) is 0 Å². The predicted octanol–water partition coefficient (Wildman–Crippen LogP) is -1.07. The van der Waals surface area contributed by atoms with Crippen LogP contribution in [0.3, 0.4) is 0 Å². The van der Waals surface area contributed by atoms with Gasteiger partial charge in [0.2, 0.25) is 0 Å². The molecule has 1 saturated heterocycles. The van der Waals surface area contributed by atoms with E-state index in [-0.39, 0.29) is 6.17 Å². The summed E-state index contributed by atoms with van der Waals surface area (Å²) >= 11 is 0. The second-order valence-corrected chi connectivity index (χ2v) is 2.50. The van der Waals surface area contributed by atoms with E-state index < -0.39 is 0 Å². The SMILES string of the molecule is CN1CC(N)CC1N. The average Bonchev–Trinajstić information content (AvgIpc) is 1.85. The summed E-state index contributed by atoms with van der Waals surface area (Å²) in [6.45, 7) is 0.946. The fourth-order valence-corrected chi connectivity index (χ4v) is 1.07. The van der Waals surface area contributed by atoms with Crippen molar-refractivity contribution in [1.82, 2.24) is 4.90 Å². The van der Waals surface area contributed by atoms with Crippen LogP contribution < -0.4 is 11.5 Å². The Bertz CT molecular complexity index is 73.7. The zero-order chi connectivity index (χ0) is 6.15. The van der Waals surface area contributed by atoms with Gasteiger partial charge in [-0.15, -0.1) is 0 Å². The Labute approximate surface area is 49.6 Å². The minimum Gasteiger partial charge on any atom is -0.326 e. The largest absolute Gasteiger partial charge is 0.326 e. The summed E-state index contributed by atoms with van der Waals surface area (Å²) in [5, 5.41) is 0. The van der Waals surface area contributed by atoms with E-state index in [1.54, 1.807) is 0 Å². The molecule has 2 unspecified atom stereocenters. The molecule has 2 atom stereocenters. The topological polar surface area (TPSA) is 55.3 Å². The lowest BCUT2D eigenvalue weighted by Gasteiger charge is -2.11. The van der Waals surface area contributed by atoms with Crippen LogP contribution in [-0.2, 0) is 0 Å². The van der Waals surface area contributed by atoms with Crippen molar-refractivity contribution in [2.45, 2.75) is 18.6 Å². The van der Waals surface area contributed by atoms with E-state index >= 15 is 0 Å². The van der Waals surface area contributed by atoms with Gasteiger partial charge >= 0.3 is 0 Å². The zero-order valence-electron chi connectivity index (χ0n) is 5.17. The van der Waals surface area contributed by atoms with Crippen LogP contribution in [0.5, 0.6) is 0 Å². The molecule has 0 spiro atoms.